The van der Waals surface area contributed by atoms with Crippen molar-refractivity contribution in [3.05, 3.63) is 89.2 Å². The van der Waals surface area contributed by atoms with E-state index in [-0.39, 0.29) is 23.8 Å². The van der Waals surface area contributed by atoms with Gasteiger partial charge in [-0.2, -0.15) is 0 Å². The minimum absolute atomic E-state index is 0.150. The third-order valence-corrected chi connectivity index (χ3v) is 5.24. The van der Waals surface area contributed by atoms with Crippen LogP contribution in [0.4, 0.5) is 4.39 Å². The molecule has 0 fully saturated rings. The first kappa shape index (κ1) is 19.9. The van der Waals surface area contributed by atoms with Crippen molar-refractivity contribution in [2.24, 2.45) is 4.99 Å². The van der Waals surface area contributed by atoms with Crippen LogP contribution < -0.4 is 14.8 Å². The lowest BCUT2D eigenvalue weighted by atomic mass is 9.93. The number of nitrogens with one attached hydrogen (secondary N) is 1. The normalized spacial score (nSPS) is 18.6. The minimum atomic E-state index is -0.382. The summed E-state index contributed by atoms with van der Waals surface area (Å²) in [5, 5.41) is 14.0. The van der Waals surface area contributed by atoms with E-state index >= 15 is 0 Å². The van der Waals surface area contributed by atoms with Crippen LogP contribution in [0.1, 0.15) is 35.3 Å². The summed E-state index contributed by atoms with van der Waals surface area (Å²) in [6.45, 7) is 0. The quantitative estimate of drug-likeness (QED) is 0.641. The number of hydrogen-bond acceptors (Lipinski definition) is 5. The summed E-state index contributed by atoms with van der Waals surface area (Å²) >= 11 is 0. The zero-order valence-corrected chi connectivity index (χ0v) is 16.8. The number of halogens is 1. The first-order valence-corrected chi connectivity index (χ1v) is 9.67. The van der Waals surface area contributed by atoms with Gasteiger partial charge in [0, 0.05) is 29.8 Å². The van der Waals surface area contributed by atoms with Gasteiger partial charge in [0.2, 0.25) is 0 Å². The summed E-state index contributed by atoms with van der Waals surface area (Å²) in [5.74, 6) is 1.19. The Morgan fingerprint density at radius 3 is 2.40 bits per heavy atom. The lowest BCUT2D eigenvalue weighted by molar-refractivity contribution is 0.395. The molecule has 30 heavy (non-hydrogen) atoms. The Morgan fingerprint density at radius 1 is 0.967 bits per heavy atom. The third-order valence-electron chi connectivity index (χ3n) is 5.24. The van der Waals surface area contributed by atoms with Crippen molar-refractivity contribution in [3.63, 3.8) is 0 Å². The van der Waals surface area contributed by atoms with Crippen molar-refractivity contribution >= 4 is 5.71 Å². The molecule has 0 aliphatic carbocycles. The molecule has 4 rings (SSSR count). The molecular weight excluding hydrogens is 383 g/mol. The van der Waals surface area contributed by atoms with E-state index < -0.39 is 0 Å². The van der Waals surface area contributed by atoms with Crippen LogP contribution >= 0.6 is 0 Å². The van der Waals surface area contributed by atoms with Crippen molar-refractivity contribution in [1.29, 1.82) is 0 Å². The Bertz CT molecular complexity index is 1070. The van der Waals surface area contributed by atoms with Gasteiger partial charge in [0.15, 0.2) is 0 Å². The largest absolute Gasteiger partial charge is 0.507 e. The second-order valence-electron chi connectivity index (χ2n) is 7.11. The number of nitrogens with zero attached hydrogens (tertiary/aromatic N) is 1. The summed E-state index contributed by atoms with van der Waals surface area (Å²) in [7, 11) is 3.19. The van der Waals surface area contributed by atoms with Crippen molar-refractivity contribution in [2.75, 3.05) is 14.2 Å². The average molecular weight is 406 g/mol. The van der Waals surface area contributed by atoms with Crippen LogP contribution in [0.5, 0.6) is 17.2 Å². The van der Waals surface area contributed by atoms with Crippen LogP contribution in [-0.4, -0.2) is 25.0 Å². The maximum absolute atomic E-state index is 13.4. The van der Waals surface area contributed by atoms with E-state index in [9.17, 15) is 9.50 Å². The Balaban J connectivity index is 1.75. The number of ether oxygens (including phenoxy) is 2. The molecule has 1 aliphatic heterocycles. The molecular formula is C24H23FN2O3. The van der Waals surface area contributed by atoms with Crippen molar-refractivity contribution in [3.8, 4) is 17.2 Å². The van der Waals surface area contributed by atoms with Crippen LogP contribution in [0.15, 0.2) is 71.7 Å². The molecule has 0 saturated carbocycles. The van der Waals surface area contributed by atoms with E-state index in [1.165, 1.54) is 12.1 Å². The zero-order chi connectivity index (χ0) is 21.1. The molecule has 5 nitrogen and oxygen atoms in total. The number of phenolic OH excluding ortho intramolecular Hbond substituents is 1. The van der Waals surface area contributed by atoms with E-state index in [1.807, 2.05) is 36.4 Å². The number of rotatable bonds is 5. The van der Waals surface area contributed by atoms with Crippen LogP contribution in [-0.2, 0) is 0 Å². The highest BCUT2D eigenvalue weighted by molar-refractivity contribution is 6.02. The average Bonchev–Trinajstić information content (AvgIpc) is 2.79. The standard InChI is InChI=1S/C24H23FN2O3/c1-29-18-5-3-4-16(12-18)21-14-22(20-11-10-19(30-2)13-23(20)28)27-24(26-21)15-6-8-17(25)9-7-15/h3-13,22,24,27-28H,14H2,1-2H3/t22-,24+/m0/s1. The minimum Gasteiger partial charge on any atom is -0.507 e. The van der Waals surface area contributed by atoms with Crippen molar-refractivity contribution < 1.29 is 19.0 Å². The summed E-state index contributed by atoms with van der Waals surface area (Å²) in [6, 6.07) is 19.1. The second kappa shape index (κ2) is 8.55. The predicted octanol–water partition coefficient (Wildman–Crippen LogP) is 4.77. The Morgan fingerprint density at radius 2 is 1.70 bits per heavy atom. The Hall–Kier alpha value is -3.38. The van der Waals surface area contributed by atoms with Crippen LogP contribution in [0.2, 0.25) is 0 Å². The first-order chi connectivity index (χ1) is 14.6. The highest BCUT2D eigenvalue weighted by Gasteiger charge is 2.28. The third kappa shape index (κ3) is 4.14. The smallest absolute Gasteiger partial charge is 0.126 e. The van der Waals surface area contributed by atoms with E-state index in [4.69, 9.17) is 14.5 Å². The summed E-state index contributed by atoms with van der Waals surface area (Å²) < 4.78 is 24.0. The lowest BCUT2D eigenvalue weighted by Crippen LogP contribution is -2.33. The number of aromatic hydroxyl groups is 1. The zero-order valence-electron chi connectivity index (χ0n) is 16.8. The summed E-state index contributed by atoms with van der Waals surface area (Å²) in [6.07, 6.45) is 0.192. The second-order valence-corrected chi connectivity index (χ2v) is 7.11. The van der Waals surface area contributed by atoms with Gasteiger partial charge >= 0.3 is 0 Å². The molecule has 2 atom stereocenters. The molecule has 0 unspecified atom stereocenters. The van der Waals surface area contributed by atoms with Gasteiger partial charge in [0.1, 0.15) is 29.2 Å². The van der Waals surface area contributed by atoms with Crippen LogP contribution in [0.25, 0.3) is 0 Å². The van der Waals surface area contributed by atoms with Gasteiger partial charge in [-0.3, -0.25) is 10.3 Å². The molecule has 1 heterocycles. The number of aliphatic imine (C=N–C) groups is 1. The van der Waals surface area contributed by atoms with Gasteiger partial charge < -0.3 is 14.6 Å². The monoisotopic (exact) mass is 406 g/mol. The van der Waals surface area contributed by atoms with E-state index in [0.717, 1.165) is 28.2 Å². The van der Waals surface area contributed by atoms with E-state index in [2.05, 4.69) is 5.32 Å². The van der Waals surface area contributed by atoms with E-state index in [1.54, 1.807) is 32.4 Å². The SMILES string of the molecule is COc1cccc(C2=N[C@@H](c3ccc(F)cc3)N[C@H](c3ccc(OC)cc3O)C2)c1. The van der Waals surface area contributed by atoms with Gasteiger partial charge in [0.25, 0.3) is 0 Å². The van der Waals surface area contributed by atoms with Gasteiger partial charge in [0.05, 0.1) is 14.2 Å². The maximum atomic E-state index is 13.4. The lowest BCUT2D eigenvalue weighted by Gasteiger charge is -2.31. The summed E-state index contributed by atoms with van der Waals surface area (Å²) in [5.41, 5.74) is 3.41. The fourth-order valence-corrected chi connectivity index (χ4v) is 3.64. The molecule has 3 aromatic carbocycles. The Labute approximate surface area is 174 Å². The number of hydrogen-bond donors (Lipinski definition) is 2. The molecule has 0 saturated heterocycles. The Kier molecular flexibility index (Phi) is 5.68. The van der Waals surface area contributed by atoms with Crippen molar-refractivity contribution in [2.45, 2.75) is 18.6 Å². The van der Waals surface area contributed by atoms with E-state index in [0.29, 0.717) is 12.2 Å². The van der Waals surface area contributed by atoms with Crippen molar-refractivity contribution in [1.82, 2.24) is 5.32 Å². The molecule has 0 aromatic heterocycles. The maximum Gasteiger partial charge on any atom is 0.126 e. The van der Waals surface area contributed by atoms with Gasteiger partial charge in [-0.1, -0.05) is 30.3 Å². The number of methoxy groups -OCH3 is 2. The molecule has 3 aromatic rings. The molecule has 0 radical (unpaired) electrons. The molecule has 0 amide bonds. The fourth-order valence-electron chi connectivity index (χ4n) is 3.64. The van der Waals surface area contributed by atoms with Gasteiger partial charge in [-0.05, 0) is 41.5 Å². The summed E-state index contributed by atoms with van der Waals surface area (Å²) in [4.78, 5) is 4.89. The molecule has 0 bridgehead atoms. The number of phenols is 1. The molecule has 6 heteroatoms. The van der Waals surface area contributed by atoms with Gasteiger partial charge in [-0.25, -0.2) is 4.39 Å². The molecule has 0 spiro atoms. The van der Waals surface area contributed by atoms with Crippen LogP contribution in [0, 0.1) is 5.82 Å². The fraction of sp³-hybridized carbons (Fsp3) is 0.208. The highest BCUT2D eigenvalue weighted by atomic mass is 19.1. The first-order valence-electron chi connectivity index (χ1n) is 9.67. The van der Waals surface area contributed by atoms with Crippen LogP contribution in [0.3, 0.4) is 0 Å². The topological polar surface area (TPSA) is 63.1 Å². The molecule has 154 valence electrons. The van der Waals surface area contributed by atoms with Gasteiger partial charge in [-0.15, -0.1) is 0 Å². The molecule has 2 N–H and O–H groups in total. The number of benzene rings is 3. The predicted molar refractivity (Wildman–Crippen MR) is 114 cm³/mol. The molecule has 1 aliphatic rings. The highest BCUT2D eigenvalue weighted by Crippen LogP contribution is 2.36.